The molecular formula is C44H64N5O11P. The third kappa shape index (κ3) is 18.2. The lowest BCUT2D eigenvalue weighted by molar-refractivity contribution is -0.144. The predicted octanol–water partition coefficient (Wildman–Crippen LogP) is 2.97. The van der Waals surface area contributed by atoms with Crippen LogP contribution in [0.5, 0.6) is 0 Å². The maximum absolute atomic E-state index is 14.2. The molecule has 1 heterocycles. The predicted molar refractivity (Wildman–Crippen MR) is 230 cm³/mol. The molecule has 336 valence electrons. The van der Waals surface area contributed by atoms with Gasteiger partial charge in [0.25, 0.3) is 0 Å². The van der Waals surface area contributed by atoms with Gasteiger partial charge < -0.3 is 31.1 Å². The average molecular weight is 870 g/mol. The average Bonchev–Trinajstić information content (AvgIpc) is 3.23. The zero-order valence-electron chi connectivity index (χ0n) is 36.2. The van der Waals surface area contributed by atoms with Gasteiger partial charge in [0.2, 0.25) is 23.6 Å². The third-order valence-electron chi connectivity index (χ3n) is 9.85. The number of hydrogen-bond acceptors (Lipinski definition) is 12. The van der Waals surface area contributed by atoms with Crippen molar-refractivity contribution in [2.24, 2.45) is 11.8 Å². The Morgan fingerprint density at radius 1 is 0.803 bits per heavy atom. The molecule has 0 aromatic heterocycles. The molecule has 16 nitrogen and oxygen atoms in total. The molecule has 3 rings (SSSR count). The van der Waals surface area contributed by atoms with E-state index in [-0.39, 0.29) is 50.0 Å². The van der Waals surface area contributed by atoms with Crippen LogP contribution in [0, 0.1) is 24.2 Å². The van der Waals surface area contributed by atoms with Crippen molar-refractivity contribution in [3.63, 3.8) is 0 Å². The van der Waals surface area contributed by atoms with Gasteiger partial charge in [0, 0.05) is 26.6 Å². The van der Waals surface area contributed by atoms with Gasteiger partial charge in [-0.1, -0.05) is 94.3 Å². The molecule has 6 unspecified atom stereocenters. The summed E-state index contributed by atoms with van der Waals surface area (Å²) in [4.78, 5) is 71.6. The van der Waals surface area contributed by atoms with Crippen molar-refractivity contribution in [3.05, 3.63) is 71.8 Å². The number of nitrogens with zero attached hydrogens (tertiary/aromatic N) is 1. The molecule has 4 amide bonds. The SMILES string of the molecule is C#CCOP(=O)(OC)OCC(C)(O)C(=O)C(CC(C)C)NC(=O)C(Cc1ccccc1)NC(=O)C(CC(C)C)NC(=O)C(CCc1ccccc1)NC(=O)CN1CCOCC1. The first-order valence-corrected chi connectivity index (χ1v) is 22.1. The van der Waals surface area contributed by atoms with Crippen molar-refractivity contribution in [3.8, 4) is 12.3 Å². The smallest absolute Gasteiger partial charge is 0.380 e. The summed E-state index contributed by atoms with van der Waals surface area (Å²) < 4.78 is 33.2. The Morgan fingerprint density at radius 3 is 1.90 bits per heavy atom. The minimum Gasteiger partial charge on any atom is -0.380 e. The summed E-state index contributed by atoms with van der Waals surface area (Å²) in [5, 5.41) is 22.6. The van der Waals surface area contributed by atoms with E-state index in [1.54, 1.807) is 30.3 Å². The fraction of sp³-hybridized carbons (Fsp3) is 0.568. The number of nitrogens with one attached hydrogen (secondary N) is 4. The molecule has 1 aliphatic rings. The van der Waals surface area contributed by atoms with Crippen LogP contribution in [0.2, 0.25) is 0 Å². The maximum atomic E-state index is 14.2. The van der Waals surface area contributed by atoms with Gasteiger partial charge in [-0.25, -0.2) is 4.57 Å². The number of Topliss-reactive ketones (excluding diaryl/α,β-unsaturated/α-hetero) is 1. The Balaban J connectivity index is 1.86. The molecule has 17 heteroatoms. The lowest BCUT2D eigenvalue weighted by Crippen LogP contribution is -2.60. The highest BCUT2D eigenvalue weighted by molar-refractivity contribution is 7.48. The number of terminal acetylenes is 1. The number of benzene rings is 2. The van der Waals surface area contributed by atoms with Crippen LogP contribution in [0.3, 0.4) is 0 Å². The molecule has 61 heavy (non-hydrogen) atoms. The second-order valence-electron chi connectivity index (χ2n) is 16.2. The quantitative estimate of drug-likeness (QED) is 0.0683. The molecule has 1 aliphatic heterocycles. The van der Waals surface area contributed by atoms with E-state index in [9.17, 15) is 33.6 Å². The summed E-state index contributed by atoms with van der Waals surface area (Å²) >= 11 is 0. The van der Waals surface area contributed by atoms with Crippen LogP contribution in [0.15, 0.2) is 60.7 Å². The monoisotopic (exact) mass is 869 g/mol. The normalized spacial score (nSPS) is 17.1. The van der Waals surface area contributed by atoms with Gasteiger partial charge in [0.05, 0.1) is 32.4 Å². The minimum atomic E-state index is -4.22. The molecular weight excluding hydrogens is 805 g/mol. The number of amides is 4. The van der Waals surface area contributed by atoms with Gasteiger partial charge in [0.15, 0.2) is 5.78 Å². The van der Waals surface area contributed by atoms with Crippen molar-refractivity contribution in [1.82, 2.24) is 26.2 Å². The van der Waals surface area contributed by atoms with Gasteiger partial charge in [0.1, 0.15) is 30.3 Å². The van der Waals surface area contributed by atoms with Crippen molar-refractivity contribution >= 4 is 37.2 Å². The number of phosphoric acid groups is 1. The molecule has 0 radical (unpaired) electrons. The zero-order chi connectivity index (χ0) is 45.0. The Labute approximate surface area is 360 Å². The fourth-order valence-electron chi connectivity index (χ4n) is 6.62. The highest BCUT2D eigenvalue weighted by Gasteiger charge is 2.41. The maximum Gasteiger partial charge on any atom is 0.475 e. The summed E-state index contributed by atoms with van der Waals surface area (Å²) in [7, 11) is -3.17. The number of hydrogen-bond donors (Lipinski definition) is 5. The first-order valence-electron chi connectivity index (χ1n) is 20.7. The van der Waals surface area contributed by atoms with Gasteiger partial charge in [-0.2, -0.15) is 0 Å². The number of aryl methyl sites for hydroxylation is 1. The molecule has 0 bridgehead atoms. The second kappa shape index (κ2) is 25.5. The number of aliphatic hydroxyl groups is 1. The number of carbonyl (C=O) groups is 5. The van der Waals surface area contributed by atoms with Crippen LogP contribution in [0.25, 0.3) is 0 Å². The van der Waals surface area contributed by atoms with Crippen LogP contribution in [0.4, 0.5) is 0 Å². The molecule has 0 saturated carbocycles. The van der Waals surface area contributed by atoms with Crippen LogP contribution in [-0.2, 0) is 59.7 Å². The van der Waals surface area contributed by atoms with Gasteiger partial charge in [-0.3, -0.25) is 42.4 Å². The topological polar surface area (TPSA) is 211 Å². The standard InChI is InChI=1S/C44H64N5O11P/c1-8-23-59-61(56,57-7)60-30-44(6,55)40(51)36(26-31(2)3)46-43(54)38(28-34-17-13-10-14-18-34)48-42(53)37(27-32(4)5)47-41(52)35(20-19-33-15-11-9-12-16-33)45-39(50)29-49-21-24-58-25-22-49/h1,9-18,31-32,35-38,55H,19-30H2,2-7H3,(H,45,50)(H,46,54)(H,47,52)(H,48,53). The van der Waals surface area contributed by atoms with Crippen LogP contribution >= 0.6 is 7.82 Å². The van der Waals surface area contributed by atoms with Gasteiger partial charge in [-0.15, -0.1) is 6.42 Å². The molecule has 0 aliphatic carbocycles. The Hall–Kier alpha value is -4.46. The van der Waals surface area contributed by atoms with Crippen molar-refractivity contribution < 1.29 is 52.0 Å². The lowest BCUT2D eigenvalue weighted by atomic mass is 9.90. The van der Waals surface area contributed by atoms with E-state index in [2.05, 4.69) is 27.2 Å². The molecule has 2 aromatic rings. The second-order valence-corrected chi connectivity index (χ2v) is 18.0. The van der Waals surface area contributed by atoms with Crippen molar-refractivity contribution in [2.45, 2.75) is 96.5 Å². The first kappa shape index (κ1) is 50.9. The number of phosphoric ester groups is 1. The van der Waals surface area contributed by atoms with E-state index in [1.165, 1.54) is 0 Å². The number of ether oxygens (including phenoxy) is 1. The van der Waals surface area contributed by atoms with Crippen molar-refractivity contribution in [1.29, 1.82) is 0 Å². The fourth-order valence-corrected chi connectivity index (χ4v) is 7.55. The first-order chi connectivity index (χ1) is 28.9. The van der Waals surface area contributed by atoms with E-state index in [0.29, 0.717) is 38.3 Å². The highest BCUT2D eigenvalue weighted by Crippen LogP contribution is 2.49. The van der Waals surface area contributed by atoms with E-state index >= 15 is 0 Å². The molecule has 1 fully saturated rings. The number of ketones is 1. The minimum absolute atomic E-state index is 0.0175. The zero-order valence-corrected chi connectivity index (χ0v) is 37.1. The van der Waals surface area contributed by atoms with Crippen LogP contribution in [-0.4, -0.2) is 122 Å². The molecule has 5 N–H and O–H groups in total. The Bertz CT molecular complexity index is 1800. The van der Waals surface area contributed by atoms with E-state index in [4.69, 9.17) is 24.7 Å². The summed E-state index contributed by atoms with van der Waals surface area (Å²) in [6, 6.07) is 13.9. The number of rotatable bonds is 26. The Morgan fingerprint density at radius 2 is 1.33 bits per heavy atom. The summed E-state index contributed by atoms with van der Waals surface area (Å²) in [6.07, 6.45) is 6.25. The summed E-state index contributed by atoms with van der Waals surface area (Å²) in [5.41, 5.74) is -0.605. The van der Waals surface area contributed by atoms with Gasteiger partial charge in [-0.05, 0) is 55.6 Å². The van der Waals surface area contributed by atoms with Crippen LogP contribution < -0.4 is 21.3 Å². The number of carbonyl (C=O) groups excluding carboxylic acids is 5. The van der Waals surface area contributed by atoms with E-state index in [0.717, 1.165) is 19.6 Å². The molecule has 2 aromatic carbocycles. The highest BCUT2D eigenvalue weighted by atomic mass is 31.2. The van der Waals surface area contributed by atoms with Gasteiger partial charge >= 0.3 is 7.82 Å². The molecule has 0 spiro atoms. The van der Waals surface area contributed by atoms with E-state index in [1.807, 2.05) is 62.9 Å². The number of morpholine rings is 1. The lowest BCUT2D eigenvalue weighted by Gasteiger charge is -2.31. The summed E-state index contributed by atoms with van der Waals surface area (Å²) in [5.74, 6) is -1.18. The molecule has 6 atom stereocenters. The van der Waals surface area contributed by atoms with E-state index < -0.39 is 74.3 Å². The largest absolute Gasteiger partial charge is 0.475 e. The van der Waals surface area contributed by atoms with Crippen molar-refractivity contribution in [2.75, 3.05) is 53.2 Å². The summed E-state index contributed by atoms with van der Waals surface area (Å²) in [6.45, 7) is 9.63. The Kier molecular flexibility index (Phi) is 21.2. The van der Waals surface area contributed by atoms with Crippen LogP contribution in [0.1, 0.15) is 65.0 Å². The third-order valence-corrected chi connectivity index (χ3v) is 11.2. The molecule has 1 saturated heterocycles.